The van der Waals surface area contributed by atoms with Gasteiger partial charge in [0.05, 0.1) is 77.4 Å². The fraction of sp³-hybridized carbons (Fsp3) is 0. The van der Waals surface area contributed by atoms with Crippen LogP contribution in [0.2, 0.25) is 0 Å². The van der Waals surface area contributed by atoms with Gasteiger partial charge in [-0.05, 0) is 290 Å². The van der Waals surface area contributed by atoms with Gasteiger partial charge in [-0.1, -0.05) is 273 Å². The molecule has 0 bridgehead atoms. The van der Waals surface area contributed by atoms with Crippen molar-refractivity contribution in [1.29, 1.82) is 0 Å². The lowest BCUT2D eigenvalue weighted by atomic mass is 9.92. The molecule has 0 N–H and O–H groups in total. The summed E-state index contributed by atoms with van der Waals surface area (Å²) in [6, 6.07) is 179. The third-order valence-electron chi connectivity index (χ3n) is 28.4. The molecular formula is C128H80N8. The Balaban J connectivity index is 0.664. The molecule has 0 radical (unpaired) electrons. The molecule has 0 saturated carbocycles. The van der Waals surface area contributed by atoms with Crippen molar-refractivity contribution in [3.05, 3.63) is 485 Å². The topological polar surface area (TPSA) is 55.4 Å². The summed E-state index contributed by atoms with van der Waals surface area (Å²) in [5, 5.41) is 15.0. The Morgan fingerprint density at radius 2 is 0.346 bits per heavy atom. The monoisotopic (exact) mass is 1730 g/mol. The van der Waals surface area contributed by atoms with E-state index < -0.39 is 0 Å². The lowest BCUT2D eigenvalue weighted by Gasteiger charge is -2.16. The van der Waals surface area contributed by atoms with Crippen LogP contribution < -0.4 is 0 Å². The zero-order valence-corrected chi connectivity index (χ0v) is 73.8. The molecule has 0 unspecified atom stereocenters. The van der Waals surface area contributed by atoms with E-state index in [2.05, 4.69) is 513 Å². The molecular weight excluding hydrogens is 1650 g/mol. The molecule has 7 heterocycles. The van der Waals surface area contributed by atoms with Crippen molar-refractivity contribution in [2.24, 2.45) is 0 Å². The summed E-state index contributed by atoms with van der Waals surface area (Å²) in [4.78, 5) is 12.0. The largest absolute Gasteiger partial charge is 0.309 e. The summed E-state index contributed by atoms with van der Waals surface area (Å²) in [6.07, 6.45) is 0. The van der Waals surface area contributed by atoms with Gasteiger partial charge in [-0.15, -0.1) is 0 Å². The predicted molar refractivity (Wildman–Crippen MR) is 569 cm³/mol. The van der Waals surface area contributed by atoms with E-state index in [9.17, 15) is 0 Å². The standard InChI is InChI=1S/C128H80N8/c1-7-28-81(29-8-1)93-69-94(82-30-9-2-10-31-82)71-95(70-93)83-32-27-33-92(68-83)127-113-80-100(135-123-64-54-88(84-50-60-119-105(72-84)101-42-19-23-46-115(101)131(119)96-34-11-3-12-35-96)76-109(123)110-77-89(55-65-124(110)135)85-51-61-120-106(73-85)102-43-20-24-47-116(102)132(120)97-36-13-4-14-37-97)58-59-114(113)129-128(130-127)136-125-66-56-90(86-52-62-121-107(74-86)103-44-21-25-48-117(103)133(121)98-38-15-5-16-39-98)78-111(125)112-79-91(57-67-126(112)136)87-53-63-122-108(75-87)104-45-22-26-49-118(104)134(122)99-40-17-6-18-41-99/h1-80H. The first-order valence-electron chi connectivity index (χ1n) is 46.6. The SMILES string of the molecule is c1ccc(-c2cc(-c3ccccc3)cc(-c3cccc(-c4nc(-n5c6ccc(-c7ccc8c(c7)c7ccccc7n8-c7ccccc7)cc6c6cc(-c7ccc8c(c7)c7ccccc7n8-c7ccccc7)ccc65)nc5ccc(-n6c7ccc(-c8ccc9c(c8)c8ccccc8n9-c8ccccc8)cc7c7cc(-c8ccc9c(c8)c8ccccc8n9-c8ccccc8)ccc76)cc45)c3)c2)cc1. The Morgan fingerprint density at radius 1 is 0.118 bits per heavy atom. The Bertz CT molecular complexity index is 9290. The predicted octanol–water partition coefficient (Wildman–Crippen LogP) is 33.5. The van der Waals surface area contributed by atoms with Crippen LogP contribution in [-0.4, -0.2) is 37.4 Å². The molecule has 0 spiro atoms. The van der Waals surface area contributed by atoms with Gasteiger partial charge in [-0.25, -0.2) is 9.97 Å². The van der Waals surface area contributed by atoms with Gasteiger partial charge in [0.15, 0.2) is 0 Å². The summed E-state index contributed by atoms with van der Waals surface area (Å²) < 4.78 is 14.4. The van der Waals surface area contributed by atoms with Gasteiger partial charge in [0, 0.05) is 104 Å². The Labute approximate surface area is 782 Å². The van der Waals surface area contributed by atoms with Crippen LogP contribution in [0.5, 0.6) is 0 Å². The van der Waals surface area contributed by atoms with Crippen molar-refractivity contribution in [1.82, 2.24) is 37.4 Å². The average molecular weight is 1730 g/mol. The smallest absolute Gasteiger partial charge is 0.235 e. The van der Waals surface area contributed by atoms with Gasteiger partial charge < -0.3 is 22.8 Å². The minimum absolute atomic E-state index is 0.562. The normalized spacial score (nSPS) is 12.0. The Morgan fingerprint density at radius 3 is 0.662 bits per heavy atom. The molecule has 0 amide bonds. The highest BCUT2D eigenvalue weighted by Crippen LogP contribution is 2.48. The van der Waals surface area contributed by atoms with Crippen LogP contribution in [-0.2, 0) is 0 Å². The Kier molecular flexibility index (Phi) is 17.3. The molecule has 28 aromatic rings. The summed E-state index contributed by atoms with van der Waals surface area (Å²) >= 11 is 0. The molecule has 0 fully saturated rings. The number of nitrogens with zero attached hydrogens (tertiary/aromatic N) is 8. The van der Waals surface area contributed by atoms with E-state index in [0.717, 1.165) is 194 Å². The molecule has 21 aromatic carbocycles. The number of rotatable bonds is 14. The number of aromatic nitrogens is 8. The van der Waals surface area contributed by atoms with Crippen molar-refractivity contribution in [2.45, 2.75) is 0 Å². The number of hydrogen-bond acceptors (Lipinski definition) is 2. The molecule has 136 heavy (non-hydrogen) atoms. The van der Waals surface area contributed by atoms with Crippen molar-refractivity contribution >= 4 is 142 Å². The first-order valence-corrected chi connectivity index (χ1v) is 46.6. The van der Waals surface area contributed by atoms with Crippen LogP contribution in [0, 0.1) is 0 Å². The van der Waals surface area contributed by atoms with Gasteiger partial charge in [-0.2, -0.15) is 0 Å². The third kappa shape index (κ3) is 12.3. The minimum Gasteiger partial charge on any atom is -0.309 e. The molecule has 8 heteroatoms. The van der Waals surface area contributed by atoms with Gasteiger partial charge >= 0.3 is 0 Å². The molecule has 0 aliphatic rings. The van der Waals surface area contributed by atoms with E-state index in [1.54, 1.807) is 0 Å². The van der Waals surface area contributed by atoms with Crippen LogP contribution in [0.25, 0.3) is 265 Å². The van der Waals surface area contributed by atoms with Crippen LogP contribution in [0.15, 0.2) is 485 Å². The number of fused-ring (bicyclic) bond motifs is 19. The zero-order valence-electron chi connectivity index (χ0n) is 73.8. The first kappa shape index (κ1) is 76.6. The average Bonchev–Trinajstić information content (AvgIpc) is 1.55. The van der Waals surface area contributed by atoms with Crippen molar-refractivity contribution in [2.75, 3.05) is 0 Å². The fourth-order valence-electron chi connectivity index (χ4n) is 22.1. The van der Waals surface area contributed by atoms with E-state index in [-0.39, 0.29) is 0 Å². The quantitative estimate of drug-likeness (QED) is 0.109. The minimum atomic E-state index is 0.562. The van der Waals surface area contributed by atoms with E-state index >= 15 is 0 Å². The van der Waals surface area contributed by atoms with Crippen LogP contribution in [0.4, 0.5) is 0 Å². The van der Waals surface area contributed by atoms with E-state index in [0.29, 0.717) is 5.95 Å². The van der Waals surface area contributed by atoms with Gasteiger partial charge in [-0.3, -0.25) is 4.57 Å². The van der Waals surface area contributed by atoms with Crippen molar-refractivity contribution in [3.63, 3.8) is 0 Å². The van der Waals surface area contributed by atoms with Crippen LogP contribution >= 0.6 is 0 Å². The van der Waals surface area contributed by atoms with Gasteiger partial charge in [0.1, 0.15) is 0 Å². The van der Waals surface area contributed by atoms with Crippen molar-refractivity contribution in [3.8, 4) is 124 Å². The summed E-state index contributed by atoms with van der Waals surface area (Å²) in [5.74, 6) is 0.562. The lowest BCUT2D eigenvalue weighted by Crippen LogP contribution is -2.04. The maximum Gasteiger partial charge on any atom is 0.235 e. The van der Waals surface area contributed by atoms with Gasteiger partial charge in [0.2, 0.25) is 5.95 Å². The first-order chi connectivity index (χ1) is 67.4. The lowest BCUT2D eigenvalue weighted by molar-refractivity contribution is 1.01. The number of para-hydroxylation sites is 8. The number of hydrogen-bond donors (Lipinski definition) is 0. The maximum atomic E-state index is 6.11. The van der Waals surface area contributed by atoms with E-state index in [4.69, 9.17) is 9.97 Å². The highest BCUT2D eigenvalue weighted by atomic mass is 15.2. The van der Waals surface area contributed by atoms with Crippen LogP contribution in [0.3, 0.4) is 0 Å². The molecule has 0 saturated heterocycles. The number of benzene rings is 21. The summed E-state index contributed by atoms with van der Waals surface area (Å²) in [6.45, 7) is 0. The maximum absolute atomic E-state index is 6.11. The molecule has 0 aliphatic carbocycles. The highest BCUT2D eigenvalue weighted by molar-refractivity contribution is 6.18. The molecule has 0 aliphatic heterocycles. The van der Waals surface area contributed by atoms with Gasteiger partial charge in [0.25, 0.3) is 0 Å². The Hall–Kier alpha value is -18.2. The molecule has 7 aromatic heterocycles. The van der Waals surface area contributed by atoms with E-state index in [1.165, 1.54) is 65.2 Å². The van der Waals surface area contributed by atoms with Crippen molar-refractivity contribution < 1.29 is 0 Å². The summed E-state index contributed by atoms with van der Waals surface area (Å²) in [5.41, 5.74) is 37.3. The highest BCUT2D eigenvalue weighted by Gasteiger charge is 2.26. The molecule has 8 nitrogen and oxygen atoms in total. The molecule has 632 valence electrons. The second-order valence-electron chi connectivity index (χ2n) is 36.0. The third-order valence-corrected chi connectivity index (χ3v) is 28.4. The second-order valence-corrected chi connectivity index (χ2v) is 36.0. The molecule has 28 rings (SSSR count). The fourth-order valence-corrected chi connectivity index (χ4v) is 22.1. The van der Waals surface area contributed by atoms with E-state index in [1.807, 2.05) is 0 Å². The van der Waals surface area contributed by atoms with Crippen LogP contribution in [0.1, 0.15) is 0 Å². The second kappa shape index (κ2) is 30.7. The molecule has 0 atom stereocenters. The zero-order chi connectivity index (χ0) is 89.2. The summed E-state index contributed by atoms with van der Waals surface area (Å²) in [7, 11) is 0.